The molecule has 1 aliphatic heterocycles. The Morgan fingerprint density at radius 2 is 1.95 bits per heavy atom. The first-order valence-electron chi connectivity index (χ1n) is 7.82. The Morgan fingerprint density at radius 1 is 1.29 bits per heavy atom. The molecule has 3 heteroatoms. The highest BCUT2D eigenvalue weighted by atomic mass is 16.4. The molecule has 3 nitrogen and oxygen atoms in total. The number of benzene rings is 1. The second-order valence-corrected chi connectivity index (χ2v) is 6.87. The molecule has 0 spiro atoms. The van der Waals surface area contributed by atoms with Gasteiger partial charge in [-0.2, -0.15) is 0 Å². The van der Waals surface area contributed by atoms with Gasteiger partial charge in [-0.15, -0.1) is 0 Å². The molecule has 1 aliphatic rings. The van der Waals surface area contributed by atoms with Gasteiger partial charge >= 0.3 is 5.97 Å². The van der Waals surface area contributed by atoms with Gasteiger partial charge in [0.2, 0.25) is 0 Å². The van der Waals surface area contributed by atoms with Gasteiger partial charge in [0.1, 0.15) is 0 Å². The molecule has 0 aliphatic carbocycles. The van der Waals surface area contributed by atoms with E-state index in [4.69, 9.17) is 0 Å². The number of rotatable bonds is 4. The third-order valence-electron chi connectivity index (χ3n) is 5.28. The molecule has 2 rings (SSSR count). The quantitative estimate of drug-likeness (QED) is 0.916. The number of carbonyl (C=O) groups is 1. The molecular weight excluding hydrogens is 262 g/mol. The van der Waals surface area contributed by atoms with Gasteiger partial charge in [0.15, 0.2) is 0 Å². The highest BCUT2D eigenvalue weighted by Gasteiger charge is 2.48. The molecule has 1 heterocycles. The van der Waals surface area contributed by atoms with Crippen LogP contribution in [0.2, 0.25) is 0 Å². The summed E-state index contributed by atoms with van der Waals surface area (Å²) in [6, 6.07) is 6.80. The molecule has 21 heavy (non-hydrogen) atoms. The van der Waals surface area contributed by atoms with Crippen LogP contribution in [0.3, 0.4) is 0 Å². The normalized spacial score (nSPS) is 24.5. The van der Waals surface area contributed by atoms with E-state index in [0.717, 1.165) is 13.0 Å². The Kier molecular flexibility index (Phi) is 4.43. The molecule has 0 aromatic heterocycles. The van der Waals surface area contributed by atoms with E-state index in [2.05, 4.69) is 43.9 Å². The summed E-state index contributed by atoms with van der Waals surface area (Å²) in [7, 11) is 0. The van der Waals surface area contributed by atoms with Crippen molar-refractivity contribution >= 4 is 5.97 Å². The van der Waals surface area contributed by atoms with Crippen molar-refractivity contribution in [3.63, 3.8) is 0 Å². The van der Waals surface area contributed by atoms with Crippen molar-refractivity contribution < 1.29 is 9.90 Å². The monoisotopic (exact) mass is 289 g/mol. The van der Waals surface area contributed by atoms with Crippen molar-refractivity contribution in [2.75, 3.05) is 13.1 Å². The molecule has 0 saturated carbocycles. The molecule has 2 atom stereocenters. The first kappa shape index (κ1) is 16.0. The van der Waals surface area contributed by atoms with Crippen molar-refractivity contribution in [3.05, 3.63) is 34.9 Å². The summed E-state index contributed by atoms with van der Waals surface area (Å²) in [5.41, 5.74) is 3.28. The van der Waals surface area contributed by atoms with Gasteiger partial charge in [0.25, 0.3) is 0 Å². The topological polar surface area (TPSA) is 40.5 Å². The minimum atomic E-state index is -0.646. The van der Waals surface area contributed by atoms with Crippen molar-refractivity contribution in [1.82, 2.24) is 4.90 Å². The zero-order valence-corrected chi connectivity index (χ0v) is 13.8. The maximum absolute atomic E-state index is 11.8. The lowest BCUT2D eigenvalue weighted by atomic mass is 9.76. The molecule has 2 unspecified atom stereocenters. The first-order chi connectivity index (χ1) is 9.78. The van der Waals surface area contributed by atoms with E-state index in [1.54, 1.807) is 0 Å². The number of likely N-dealkylation sites (tertiary alicyclic amines) is 1. The van der Waals surface area contributed by atoms with Gasteiger partial charge in [0.05, 0.1) is 5.41 Å². The fourth-order valence-corrected chi connectivity index (χ4v) is 3.58. The molecule has 1 aromatic rings. The standard InChI is InChI=1S/C18H27NO2/c1-12(2)18(17(20)21)8-9-19(11-18)15(5)16-7-6-13(3)10-14(16)4/h6-7,10,12,15H,8-9,11H2,1-5H3,(H,20,21). The third-order valence-corrected chi connectivity index (χ3v) is 5.28. The van der Waals surface area contributed by atoms with E-state index in [0.29, 0.717) is 6.54 Å². The fourth-order valence-electron chi connectivity index (χ4n) is 3.58. The second kappa shape index (κ2) is 5.80. The van der Waals surface area contributed by atoms with Gasteiger partial charge < -0.3 is 5.11 Å². The van der Waals surface area contributed by atoms with Gasteiger partial charge in [-0.1, -0.05) is 37.6 Å². The molecule has 0 radical (unpaired) electrons. The number of nitrogens with zero attached hydrogens (tertiary/aromatic N) is 1. The molecule has 0 amide bonds. The number of carboxylic acid groups (broad SMARTS) is 1. The smallest absolute Gasteiger partial charge is 0.311 e. The number of carboxylic acids is 1. The molecule has 1 saturated heterocycles. The van der Waals surface area contributed by atoms with Gasteiger partial charge in [-0.3, -0.25) is 9.69 Å². The predicted molar refractivity (Wildman–Crippen MR) is 85.4 cm³/mol. The lowest BCUT2D eigenvalue weighted by Crippen LogP contribution is -2.39. The van der Waals surface area contributed by atoms with Crippen LogP contribution in [0.5, 0.6) is 0 Å². The summed E-state index contributed by atoms with van der Waals surface area (Å²) in [4.78, 5) is 14.1. The first-order valence-corrected chi connectivity index (χ1v) is 7.82. The van der Waals surface area contributed by atoms with Gasteiger partial charge in [-0.25, -0.2) is 0 Å². The Balaban J connectivity index is 2.22. The zero-order valence-electron chi connectivity index (χ0n) is 13.8. The Labute approximate surface area is 128 Å². The van der Waals surface area contributed by atoms with Crippen LogP contribution >= 0.6 is 0 Å². The minimum absolute atomic E-state index is 0.159. The lowest BCUT2D eigenvalue weighted by molar-refractivity contribution is -0.151. The predicted octanol–water partition coefficient (Wildman–Crippen LogP) is 3.80. The average Bonchev–Trinajstić information content (AvgIpc) is 2.84. The van der Waals surface area contributed by atoms with E-state index in [1.165, 1.54) is 16.7 Å². The number of hydrogen-bond acceptors (Lipinski definition) is 2. The number of aryl methyl sites for hydroxylation is 2. The Morgan fingerprint density at radius 3 is 2.43 bits per heavy atom. The van der Waals surface area contributed by atoms with E-state index in [9.17, 15) is 9.90 Å². The summed E-state index contributed by atoms with van der Waals surface area (Å²) in [5.74, 6) is -0.487. The second-order valence-electron chi connectivity index (χ2n) is 6.87. The number of hydrogen-bond donors (Lipinski definition) is 1. The van der Waals surface area contributed by atoms with Crippen LogP contribution in [0.15, 0.2) is 18.2 Å². The average molecular weight is 289 g/mol. The number of aliphatic carboxylic acids is 1. The molecule has 1 fully saturated rings. The molecular formula is C18H27NO2. The van der Waals surface area contributed by atoms with Crippen molar-refractivity contribution in [3.8, 4) is 0 Å². The summed E-state index contributed by atoms with van der Waals surface area (Å²) >= 11 is 0. The Bertz CT molecular complexity index is 538. The molecule has 116 valence electrons. The zero-order chi connectivity index (χ0) is 15.8. The van der Waals surface area contributed by atoms with Crippen LogP contribution in [0, 0.1) is 25.2 Å². The van der Waals surface area contributed by atoms with E-state index in [1.807, 2.05) is 13.8 Å². The third kappa shape index (κ3) is 2.84. The van der Waals surface area contributed by atoms with Crippen LogP contribution in [-0.2, 0) is 4.79 Å². The van der Waals surface area contributed by atoms with Crippen molar-refractivity contribution in [2.45, 2.75) is 47.1 Å². The van der Waals surface area contributed by atoms with Gasteiger partial charge in [-0.05, 0) is 50.8 Å². The van der Waals surface area contributed by atoms with Crippen LogP contribution in [-0.4, -0.2) is 29.1 Å². The van der Waals surface area contributed by atoms with Crippen LogP contribution < -0.4 is 0 Å². The highest BCUT2D eigenvalue weighted by molar-refractivity contribution is 5.75. The summed E-state index contributed by atoms with van der Waals surface area (Å²) in [5, 5.41) is 9.67. The molecule has 1 N–H and O–H groups in total. The molecule has 1 aromatic carbocycles. The summed E-state index contributed by atoms with van der Waals surface area (Å²) in [6.07, 6.45) is 0.745. The van der Waals surface area contributed by atoms with Crippen LogP contribution in [0.4, 0.5) is 0 Å². The maximum atomic E-state index is 11.8. The van der Waals surface area contributed by atoms with Crippen LogP contribution in [0.1, 0.15) is 49.9 Å². The largest absolute Gasteiger partial charge is 0.481 e. The van der Waals surface area contributed by atoms with Crippen molar-refractivity contribution in [2.24, 2.45) is 11.3 Å². The van der Waals surface area contributed by atoms with Gasteiger partial charge in [0, 0.05) is 12.6 Å². The van der Waals surface area contributed by atoms with E-state index >= 15 is 0 Å². The summed E-state index contributed by atoms with van der Waals surface area (Å²) < 4.78 is 0. The SMILES string of the molecule is Cc1ccc(C(C)N2CCC(C(=O)O)(C(C)C)C2)c(C)c1. The van der Waals surface area contributed by atoms with Crippen molar-refractivity contribution in [1.29, 1.82) is 0 Å². The minimum Gasteiger partial charge on any atom is -0.481 e. The highest BCUT2D eigenvalue weighted by Crippen LogP contribution is 2.41. The lowest BCUT2D eigenvalue weighted by Gasteiger charge is -2.31. The summed E-state index contributed by atoms with van der Waals surface area (Å²) in [6.45, 7) is 12.0. The van der Waals surface area contributed by atoms with Crippen LogP contribution in [0.25, 0.3) is 0 Å². The Hall–Kier alpha value is -1.35. The maximum Gasteiger partial charge on any atom is 0.311 e. The van der Waals surface area contributed by atoms with E-state index in [-0.39, 0.29) is 12.0 Å². The van der Waals surface area contributed by atoms with E-state index < -0.39 is 11.4 Å². The molecule has 0 bridgehead atoms. The fraction of sp³-hybridized carbons (Fsp3) is 0.611.